The van der Waals surface area contributed by atoms with Gasteiger partial charge in [-0.25, -0.2) is 0 Å². The monoisotopic (exact) mass is 830 g/mol. The van der Waals surface area contributed by atoms with Crippen molar-refractivity contribution < 1.29 is 0 Å². The van der Waals surface area contributed by atoms with E-state index < -0.39 is 0 Å². The van der Waals surface area contributed by atoms with Crippen LogP contribution in [0.5, 0.6) is 0 Å². The average Bonchev–Trinajstić information content (AvgIpc) is 3.84. The lowest BCUT2D eigenvalue weighted by Crippen LogP contribution is -2.16. The second-order valence-electron chi connectivity index (χ2n) is 17.7. The van der Waals surface area contributed by atoms with Crippen molar-refractivity contribution in [3.8, 4) is 61.5 Å². The molecule has 11 aromatic rings. The van der Waals surface area contributed by atoms with E-state index >= 15 is 0 Å². The van der Waals surface area contributed by atoms with Gasteiger partial charge in [0, 0.05) is 44.5 Å². The molecule has 0 atom stereocenters. The van der Waals surface area contributed by atoms with E-state index in [0.29, 0.717) is 0 Å². The van der Waals surface area contributed by atoms with Crippen molar-refractivity contribution in [1.29, 1.82) is 0 Å². The summed E-state index contributed by atoms with van der Waals surface area (Å²) in [5.74, 6) is 0. The van der Waals surface area contributed by atoms with E-state index in [2.05, 4.69) is 266 Å². The van der Waals surface area contributed by atoms with Crippen LogP contribution in [0.15, 0.2) is 243 Å². The van der Waals surface area contributed by atoms with Crippen LogP contribution >= 0.6 is 0 Å². The fraction of sp³-hybridized carbons (Fsp3) is 0.0476. The summed E-state index contributed by atoms with van der Waals surface area (Å²) in [6, 6.07) is 88.7. The smallest absolute Gasteiger partial charge is 0.0619 e. The fourth-order valence-electron chi connectivity index (χ4n) is 10.4. The molecule has 0 spiro atoms. The Kier molecular flexibility index (Phi) is 9.21. The largest absolute Gasteiger partial charge is 0.310 e. The summed E-state index contributed by atoms with van der Waals surface area (Å²) in [6.45, 7) is 4.71. The van der Waals surface area contributed by atoms with Gasteiger partial charge in [0.25, 0.3) is 0 Å². The van der Waals surface area contributed by atoms with Crippen LogP contribution in [-0.2, 0) is 5.41 Å². The van der Waals surface area contributed by atoms with Crippen molar-refractivity contribution >= 4 is 38.7 Å². The molecule has 65 heavy (non-hydrogen) atoms. The van der Waals surface area contributed by atoms with Crippen LogP contribution in [0, 0.1) is 0 Å². The number of nitrogens with zero attached hydrogens (tertiary/aromatic N) is 2. The molecule has 0 fully saturated rings. The van der Waals surface area contributed by atoms with Gasteiger partial charge < -0.3 is 9.47 Å². The van der Waals surface area contributed by atoms with Gasteiger partial charge >= 0.3 is 0 Å². The number of hydrogen-bond acceptors (Lipinski definition) is 1. The van der Waals surface area contributed by atoms with Gasteiger partial charge in [0.2, 0.25) is 0 Å². The zero-order valence-corrected chi connectivity index (χ0v) is 36.5. The number of anilines is 3. The Balaban J connectivity index is 0.949. The van der Waals surface area contributed by atoms with Crippen molar-refractivity contribution in [2.24, 2.45) is 0 Å². The Morgan fingerprint density at radius 3 is 1.51 bits per heavy atom. The van der Waals surface area contributed by atoms with Crippen LogP contribution in [0.1, 0.15) is 25.0 Å². The molecule has 0 N–H and O–H groups in total. The van der Waals surface area contributed by atoms with Gasteiger partial charge in [-0.3, -0.25) is 0 Å². The van der Waals surface area contributed by atoms with Crippen LogP contribution in [0.3, 0.4) is 0 Å². The first-order valence-electron chi connectivity index (χ1n) is 22.6. The predicted octanol–water partition coefficient (Wildman–Crippen LogP) is 17.2. The molecule has 1 aliphatic carbocycles. The summed E-state index contributed by atoms with van der Waals surface area (Å²) >= 11 is 0. The Hall–Kier alpha value is -8.20. The maximum absolute atomic E-state index is 2.47. The number of fused-ring (bicyclic) bond motifs is 6. The summed E-state index contributed by atoms with van der Waals surface area (Å²) in [5, 5.41) is 3.70. The first kappa shape index (κ1) is 38.5. The Bertz CT molecular complexity index is 3510. The van der Waals surface area contributed by atoms with Gasteiger partial charge in [-0.1, -0.05) is 208 Å². The van der Waals surface area contributed by atoms with E-state index in [9.17, 15) is 0 Å². The van der Waals surface area contributed by atoms with E-state index in [1.165, 1.54) is 88.6 Å². The molecule has 12 rings (SSSR count). The Morgan fingerprint density at radius 1 is 0.354 bits per heavy atom. The molecule has 0 saturated carbocycles. The molecule has 0 unspecified atom stereocenters. The first-order chi connectivity index (χ1) is 32.0. The summed E-state index contributed by atoms with van der Waals surface area (Å²) in [7, 11) is 0. The summed E-state index contributed by atoms with van der Waals surface area (Å²) in [4.78, 5) is 2.40. The van der Waals surface area contributed by atoms with Gasteiger partial charge in [0.05, 0.1) is 11.2 Å². The van der Waals surface area contributed by atoms with Crippen LogP contribution in [0.25, 0.3) is 83.1 Å². The second kappa shape index (κ2) is 15.6. The van der Waals surface area contributed by atoms with Crippen molar-refractivity contribution in [2.75, 3.05) is 4.90 Å². The minimum atomic E-state index is -0.104. The number of hydrogen-bond donors (Lipinski definition) is 0. The predicted molar refractivity (Wildman–Crippen MR) is 275 cm³/mol. The average molecular weight is 831 g/mol. The SMILES string of the molecule is CC1(C)c2ccccc2-c2ccc(N(c3ccc(-c4ccccc4)cc3)c3ccc(-c4ccc(-c5c(-c6ccccc6)n(-c6ccccc6)c6c5ccc5ccccc56)cc4)cc3)cc21. The molecule has 0 radical (unpaired) electrons. The molecule has 308 valence electrons. The summed E-state index contributed by atoms with van der Waals surface area (Å²) in [6.07, 6.45) is 0. The highest BCUT2D eigenvalue weighted by atomic mass is 15.1. The van der Waals surface area contributed by atoms with Crippen LogP contribution in [-0.4, -0.2) is 4.57 Å². The first-order valence-corrected chi connectivity index (χ1v) is 22.6. The van der Waals surface area contributed by atoms with Crippen molar-refractivity contribution in [1.82, 2.24) is 4.57 Å². The maximum Gasteiger partial charge on any atom is 0.0619 e. The quantitative estimate of drug-likeness (QED) is 0.148. The van der Waals surface area contributed by atoms with Gasteiger partial charge in [0.15, 0.2) is 0 Å². The molecule has 0 saturated heterocycles. The van der Waals surface area contributed by atoms with Crippen LogP contribution < -0.4 is 4.90 Å². The molecule has 1 aromatic heterocycles. The van der Waals surface area contributed by atoms with E-state index in [1.54, 1.807) is 0 Å². The number of aromatic nitrogens is 1. The second-order valence-corrected chi connectivity index (χ2v) is 17.7. The zero-order valence-electron chi connectivity index (χ0n) is 36.5. The molecular weight excluding hydrogens is 785 g/mol. The van der Waals surface area contributed by atoms with Gasteiger partial charge in [-0.05, 0) is 110 Å². The lowest BCUT2D eigenvalue weighted by Gasteiger charge is -2.28. The molecule has 2 heteroatoms. The van der Waals surface area contributed by atoms with Gasteiger partial charge in [0.1, 0.15) is 0 Å². The lowest BCUT2D eigenvalue weighted by atomic mass is 9.82. The summed E-state index contributed by atoms with van der Waals surface area (Å²) in [5.41, 5.74) is 20.6. The highest BCUT2D eigenvalue weighted by Gasteiger charge is 2.35. The molecule has 2 nitrogen and oxygen atoms in total. The normalized spacial score (nSPS) is 12.6. The number of benzene rings is 10. The van der Waals surface area contributed by atoms with E-state index in [-0.39, 0.29) is 5.41 Å². The van der Waals surface area contributed by atoms with E-state index in [0.717, 1.165) is 22.7 Å². The highest BCUT2D eigenvalue weighted by Crippen LogP contribution is 2.51. The molecule has 1 aliphatic rings. The standard InChI is InChI=1S/C63H46N2/c1-63(2)58-25-15-14-24-55(58)56-41-39-53(42-59(56)63)64(51-35-30-45(31-36-51)43-16-6-3-7-17-43)52-37-32-46(33-38-52)44-26-28-48(29-27-44)60-57-40-34-47-18-12-13-23-54(47)62(57)65(50-21-10-5-11-22-50)61(60)49-19-8-4-9-20-49/h3-42H,1-2H3. The van der Waals surface area contributed by atoms with Crippen LogP contribution in [0.4, 0.5) is 17.1 Å². The molecule has 0 aliphatic heterocycles. The number of para-hydroxylation sites is 1. The van der Waals surface area contributed by atoms with Crippen LogP contribution in [0.2, 0.25) is 0 Å². The zero-order chi connectivity index (χ0) is 43.5. The third-order valence-electron chi connectivity index (χ3n) is 13.6. The topological polar surface area (TPSA) is 8.17 Å². The highest BCUT2D eigenvalue weighted by molar-refractivity contribution is 6.16. The summed E-state index contributed by atoms with van der Waals surface area (Å²) < 4.78 is 2.47. The minimum absolute atomic E-state index is 0.104. The minimum Gasteiger partial charge on any atom is -0.310 e. The molecular formula is C63H46N2. The Labute approximate surface area is 381 Å². The van der Waals surface area contributed by atoms with Gasteiger partial charge in [-0.15, -0.1) is 0 Å². The molecule has 10 aromatic carbocycles. The van der Waals surface area contributed by atoms with Crippen molar-refractivity contribution in [2.45, 2.75) is 19.3 Å². The molecule has 0 amide bonds. The van der Waals surface area contributed by atoms with E-state index in [1.807, 2.05) is 0 Å². The lowest BCUT2D eigenvalue weighted by molar-refractivity contribution is 0.660. The van der Waals surface area contributed by atoms with Crippen molar-refractivity contribution in [3.05, 3.63) is 254 Å². The molecule has 1 heterocycles. The number of rotatable bonds is 8. The maximum atomic E-state index is 2.47. The third-order valence-corrected chi connectivity index (χ3v) is 13.6. The van der Waals surface area contributed by atoms with Gasteiger partial charge in [-0.2, -0.15) is 0 Å². The molecule has 0 bridgehead atoms. The van der Waals surface area contributed by atoms with Crippen molar-refractivity contribution in [3.63, 3.8) is 0 Å². The fourth-order valence-corrected chi connectivity index (χ4v) is 10.4. The Morgan fingerprint density at radius 2 is 0.846 bits per heavy atom. The third kappa shape index (κ3) is 6.49. The van der Waals surface area contributed by atoms with E-state index in [4.69, 9.17) is 0 Å².